The molecule has 4 nitrogen and oxygen atoms in total. The quantitative estimate of drug-likeness (QED) is 0.781. The van der Waals surface area contributed by atoms with E-state index in [9.17, 15) is 4.79 Å². The molecular weight excluding hydrogens is 214 g/mol. The van der Waals surface area contributed by atoms with E-state index in [-0.39, 0.29) is 5.41 Å². The highest BCUT2D eigenvalue weighted by Crippen LogP contribution is 2.31. The molecule has 0 bridgehead atoms. The summed E-state index contributed by atoms with van der Waals surface area (Å²) in [6, 6.07) is 0.426. The van der Waals surface area contributed by atoms with Gasteiger partial charge in [0.15, 0.2) is 0 Å². The Hall–Kier alpha value is -0.610. The molecule has 0 aromatic carbocycles. The van der Waals surface area contributed by atoms with E-state index < -0.39 is 0 Å². The topological polar surface area (TPSA) is 35.6 Å². The molecule has 0 aliphatic carbocycles. The summed E-state index contributed by atoms with van der Waals surface area (Å²) in [5.41, 5.74) is -0.158. The van der Waals surface area contributed by atoms with Gasteiger partial charge in [-0.25, -0.2) is 0 Å². The van der Waals surface area contributed by atoms with E-state index in [1.165, 1.54) is 0 Å². The van der Waals surface area contributed by atoms with Crippen molar-refractivity contribution in [2.75, 3.05) is 40.3 Å². The molecule has 1 amide bonds. The first-order valence-corrected chi connectivity index (χ1v) is 6.69. The van der Waals surface area contributed by atoms with E-state index in [1.807, 2.05) is 0 Å². The molecule has 0 saturated carbocycles. The van der Waals surface area contributed by atoms with E-state index >= 15 is 0 Å². The molecule has 0 spiro atoms. The Morgan fingerprint density at radius 3 is 2.88 bits per heavy atom. The first-order valence-electron chi connectivity index (χ1n) is 6.69. The van der Waals surface area contributed by atoms with Gasteiger partial charge in [-0.3, -0.25) is 4.79 Å². The third-order valence-electron chi connectivity index (χ3n) is 4.10. The van der Waals surface area contributed by atoms with Crippen LogP contribution in [-0.2, 0) is 4.79 Å². The smallest absolute Gasteiger partial charge is 0.230 e. The largest absolute Gasteiger partial charge is 0.338 e. The van der Waals surface area contributed by atoms with Gasteiger partial charge in [0.2, 0.25) is 5.91 Å². The summed E-state index contributed by atoms with van der Waals surface area (Å²) in [5.74, 6) is 0.367. The van der Waals surface area contributed by atoms with Crippen LogP contribution in [0.25, 0.3) is 0 Å². The SMILES string of the molecule is CN(C)CC1CCCN1C(=O)C1(C)CCNC1. The number of hydrogen-bond donors (Lipinski definition) is 1. The van der Waals surface area contributed by atoms with Gasteiger partial charge in [-0.15, -0.1) is 0 Å². The molecule has 0 aromatic rings. The van der Waals surface area contributed by atoms with Crippen molar-refractivity contribution in [3.63, 3.8) is 0 Å². The van der Waals surface area contributed by atoms with Crippen LogP contribution in [0.5, 0.6) is 0 Å². The first-order chi connectivity index (χ1) is 8.03. The Labute approximate surface area is 104 Å². The highest BCUT2D eigenvalue weighted by Gasteiger charge is 2.42. The molecule has 2 aliphatic heterocycles. The average Bonchev–Trinajstić information content (AvgIpc) is 2.86. The van der Waals surface area contributed by atoms with Crippen molar-refractivity contribution in [2.45, 2.75) is 32.2 Å². The second-order valence-electron chi connectivity index (χ2n) is 6.04. The lowest BCUT2D eigenvalue weighted by Gasteiger charge is -2.33. The fraction of sp³-hybridized carbons (Fsp3) is 0.923. The maximum atomic E-state index is 12.6. The van der Waals surface area contributed by atoms with E-state index in [2.05, 4.69) is 36.1 Å². The Bertz CT molecular complexity index is 284. The summed E-state index contributed by atoms with van der Waals surface area (Å²) in [4.78, 5) is 16.9. The van der Waals surface area contributed by atoms with Crippen LogP contribution in [0.15, 0.2) is 0 Å². The van der Waals surface area contributed by atoms with Crippen molar-refractivity contribution in [1.29, 1.82) is 0 Å². The third-order valence-corrected chi connectivity index (χ3v) is 4.10. The van der Waals surface area contributed by atoms with Gasteiger partial charge in [0.25, 0.3) is 0 Å². The second-order valence-corrected chi connectivity index (χ2v) is 6.04. The number of amides is 1. The van der Waals surface area contributed by atoms with Crippen LogP contribution in [0.3, 0.4) is 0 Å². The zero-order valence-electron chi connectivity index (χ0n) is 11.3. The van der Waals surface area contributed by atoms with E-state index in [0.717, 1.165) is 45.4 Å². The Kier molecular flexibility index (Phi) is 3.73. The molecule has 0 radical (unpaired) electrons. The Morgan fingerprint density at radius 2 is 2.29 bits per heavy atom. The monoisotopic (exact) mass is 239 g/mol. The highest BCUT2D eigenvalue weighted by atomic mass is 16.2. The van der Waals surface area contributed by atoms with Crippen LogP contribution in [0.1, 0.15) is 26.2 Å². The Morgan fingerprint density at radius 1 is 1.53 bits per heavy atom. The average molecular weight is 239 g/mol. The zero-order chi connectivity index (χ0) is 12.5. The molecular formula is C13H25N3O. The van der Waals surface area contributed by atoms with Crippen molar-refractivity contribution in [2.24, 2.45) is 5.41 Å². The number of nitrogens with one attached hydrogen (secondary N) is 1. The van der Waals surface area contributed by atoms with Gasteiger partial charge in [0.05, 0.1) is 5.41 Å². The minimum Gasteiger partial charge on any atom is -0.338 e. The molecule has 2 rings (SSSR count). The van der Waals surface area contributed by atoms with Crippen molar-refractivity contribution in [3.8, 4) is 0 Å². The van der Waals surface area contributed by atoms with Gasteiger partial charge < -0.3 is 15.1 Å². The summed E-state index contributed by atoms with van der Waals surface area (Å²) in [5, 5.41) is 3.31. The number of likely N-dealkylation sites (tertiary alicyclic amines) is 1. The fourth-order valence-corrected chi connectivity index (χ4v) is 3.06. The first kappa shape index (κ1) is 12.8. The normalized spacial score (nSPS) is 33.6. The predicted molar refractivity (Wildman–Crippen MR) is 68.9 cm³/mol. The molecule has 2 fully saturated rings. The van der Waals surface area contributed by atoms with Crippen LogP contribution < -0.4 is 5.32 Å². The zero-order valence-corrected chi connectivity index (χ0v) is 11.3. The minimum atomic E-state index is -0.158. The summed E-state index contributed by atoms with van der Waals surface area (Å²) in [6.07, 6.45) is 3.30. The fourth-order valence-electron chi connectivity index (χ4n) is 3.06. The van der Waals surface area contributed by atoms with Gasteiger partial charge >= 0.3 is 0 Å². The van der Waals surface area contributed by atoms with E-state index in [0.29, 0.717) is 11.9 Å². The molecule has 17 heavy (non-hydrogen) atoms. The maximum absolute atomic E-state index is 12.6. The number of carbonyl (C=O) groups is 1. The predicted octanol–water partition coefficient (Wildman–Crippen LogP) is 0.539. The van der Waals surface area contributed by atoms with Crippen molar-refractivity contribution < 1.29 is 4.79 Å². The summed E-state index contributed by atoms with van der Waals surface area (Å²) < 4.78 is 0. The molecule has 2 aliphatic rings. The number of carbonyl (C=O) groups excluding carboxylic acids is 1. The molecule has 2 heterocycles. The van der Waals surface area contributed by atoms with Gasteiger partial charge in [-0.2, -0.15) is 0 Å². The molecule has 1 N–H and O–H groups in total. The highest BCUT2D eigenvalue weighted by molar-refractivity contribution is 5.83. The number of rotatable bonds is 3. The van der Waals surface area contributed by atoms with Crippen molar-refractivity contribution in [1.82, 2.24) is 15.1 Å². The lowest BCUT2D eigenvalue weighted by atomic mass is 9.88. The molecule has 4 heteroatoms. The maximum Gasteiger partial charge on any atom is 0.230 e. The van der Waals surface area contributed by atoms with Crippen LogP contribution >= 0.6 is 0 Å². The summed E-state index contributed by atoms with van der Waals surface area (Å²) in [7, 11) is 4.17. The summed E-state index contributed by atoms with van der Waals surface area (Å²) in [6.45, 7) is 5.88. The molecule has 98 valence electrons. The van der Waals surface area contributed by atoms with Gasteiger partial charge in [-0.05, 0) is 46.8 Å². The molecule has 2 atom stereocenters. The Balaban J connectivity index is 2.02. The van der Waals surface area contributed by atoms with E-state index in [4.69, 9.17) is 0 Å². The van der Waals surface area contributed by atoms with E-state index in [1.54, 1.807) is 0 Å². The lowest BCUT2D eigenvalue weighted by molar-refractivity contribution is -0.141. The van der Waals surface area contributed by atoms with Crippen LogP contribution in [0, 0.1) is 5.41 Å². The molecule has 2 saturated heterocycles. The van der Waals surface area contributed by atoms with Crippen LogP contribution in [0.4, 0.5) is 0 Å². The van der Waals surface area contributed by atoms with Crippen LogP contribution in [0.2, 0.25) is 0 Å². The summed E-state index contributed by atoms with van der Waals surface area (Å²) >= 11 is 0. The standard InChI is InChI=1S/C13H25N3O/c1-13(6-7-14-10-13)12(17)16-8-4-5-11(16)9-15(2)3/h11,14H,4-10H2,1-3H3. The number of likely N-dealkylation sites (N-methyl/N-ethyl adjacent to an activating group) is 1. The van der Waals surface area contributed by atoms with Crippen LogP contribution in [-0.4, -0.2) is 62.0 Å². The number of hydrogen-bond acceptors (Lipinski definition) is 3. The van der Waals surface area contributed by atoms with Crippen molar-refractivity contribution >= 4 is 5.91 Å². The minimum absolute atomic E-state index is 0.158. The van der Waals surface area contributed by atoms with Gasteiger partial charge in [0, 0.05) is 25.7 Å². The van der Waals surface area contributed by atoms with Gasteiger partial charge in [0.1, 0.15) is 0 Å². The third kappa shape index (κ3) is 2.63. The van der Waals surface area contributed by atoms with Crippen molar-refractivity contribution in [3.05, 3.63) is 0 Å². The molecule has 2 unspecified atom stereocenters. The number of nitrogens with zero attached hydrogens (tertiary/aromatic N) is 2. The molecule has 0 aromatic heterocycles. The van der Waals surface area contributed by atoms with Gasteiger partial charge in [-0.1, -0.05) is 0 Å². The second kappa shape index (κ2) is 4.94. The lowest BCUT2D eigenvalue weighted by Crippen LogP contribution is -2.48.